The van der Waals surface area contributed by atoms with E-state index in [0.29, 0.717) is 17.1 Å². The topological polar surface area (TPSA) is 84.1 Å². The number of rotatable bonds is 5. The molecule has 4 aromatic rings. The lowest BCUT2D eigenvalue weighted by Gasteiger charge is -2.13. The van der Waals surface area contributed by atoms with Gasteiger partial charge in [0.05, 0.1) is 17.2 Å². The average molecular weight is 414 g/mol. The molecule has 2 N–H and O–H groups in total. The molecule has 30 heavy (non-hydrogen) atoms. The first-order chi connectivity index (χ1) is 14.3. The number of aryl methyl sites for hydroxylation is 1. The van der Waals surface area contributed by atoms with Crippen LogP contribution in [0.2, 0.25) is 0 Å². The Kier molecular flexibility index (Phi) is 5.13. The minimum atomic E-state index is -4.59. The quantitative estimate of drug-likeness (QED) is 0.490. The molecule has 9 heteroatoms. The average Bonchev–Trinajstić information content (AvgIpc) is 3.16. The molecule has 0 saturated heterocycles. The Hall–Kier alpha value is -3.46. The number of nitrogens with zero attached hydrogens (tertiary/aromatic N) is 3. The Bertz CT molecular complexity index is 1170. The van der Waals surface area contributed by atoms with Crippen molar-refractivity contribution in [2.24, 2.45) is 0 Å². The third-order valence-corrected chi connectivity index (χ3v) is 4.64. The van der Waals surface area contributed by atoms with Crippen molar-refractivity contribution in [3.8, 4) is 11.3 Å². The number of halogens is 3. The number of fused-ring (bicyclic) bond motifs is 1. The zero-order valence-corrected chi connectivity index (χ0v) is 15.8. The highest BCUT2D eigenvalue weighted by molar-refractivity contribution is 5.84. The maximum absolute atomic E-state index is 12.9. The van der Waals surface area contributed by atoms with Crippen LogP contribution in [-0.4, -0.2) is 26.8 Å². The van der Waals surface area contributed by atoms with E-state index in [4.69, 9.17) is 4.52 Å². The molecule has 0 fully saturated rings. The van der Waals surface area contributed by atoms with Crippen LogP contribution in [0.5, 0.6) is 0 Å². The van der Waals surface area contributed by atoms with Crippen LogP contribution >= 0.6 is 0 Å². The molecule has 154 valence electrons. The third kappa shape index (κ3) is 4.11. The Morgan fingerprint density at radius 2 is 1.83 bits per heavy atom. The van der Waals surface area contributed by atoms with Gasteiger partial charge >= 0.3 is 6.18 Å². The number of hydrogen-bond donors (Lipinski definition) is 2. The minimum Gasteiger partial charge on any atom is -0.387 e. The standard InChI is InChI=1S/C21H17F3N4O2/c1-12-2-4-13(5-3-12)17(29)10-25-19-9-16(26-11-27-19)14-6-7-15-18(8-14)30-28-20(15)21(22,23)24/h2-9,11,17,29H,10H2,1H3,(H,25,26,27). The highest BCUT2D eigenvalue weighted by Crippen LogP contribution is 2.35. The third-order valence-electron chi connectivity index (χ3n) is 4.64. The summed E-state index contributed by atoms with van der Waals surface area (Å²) >= 11 is 0. The molecule has 0 aliphatic heterocycles. The summed E-state index contributed by atoms with van der Waals surface area (Å²) in [6.07, 6.45) is -3.98. The van der Waals surface area contributed by atoms with Gasteiger partial charge in [0.15, 0.2) is 11.3 Å². The zero-order valence-electron chi connectivity index (χ0n) is 15.8. The van der Waals surface area contributed by atoms with E-state index in [-0.39, 0.29) is 17.5 Å². The summed E-state index contributed by atoms with van der Waals surface area (Å²) in [4.78, 5) is 8.29. The molecule has 4 rings (SSSR count). The van der Waals surface area contributed by atoms with Gasteiger partial charge in [0, 0.05) is 18.2 Å². The first-order valence-corrected chi connectivity index (χ1v) is 9.09. The van der Waals surface area contributed by atoms with Crippen molar-refractivity contribution in [2.75, 3.05) is 11.9 Å². The second-order valence-electron chi connectivity index (χ2n) is 6.84. The Morgan fingerprint density at radius 3 is 2.57 bits per heavy atom. The van der Waals surface area contributed by atoms with Gasteiger partial charge in [-0.25, -0.2) is 9.97 Å². The summed E-state index contributed by atoms with van der Waals surface area (Å²) in [6.45, 7) is 2.20. The number of aliphatic hydroxyl groups is 1. The number of nitrogens with one attached hydrogen (secondary N) is 1. The number of hydrogen-bond acceptors (Lipinski definition) is 6. The summed E-state index contributed by atoms with van der Waals surface area (Å²) in [7, 11) is 0. The molecule has 6 nitrogen and oxygen atoms in total. The summed E-state index contributed by atoms with van der Waals surface area (Å²) in [5.74, 6) is 0.472. The number of benzene rings is 2. The van der Waals surface area contributed by atoms with Crippen molar-refractivity contribution in [2.45, 2.75) is 19.2 Å². The Morgan fingerprint density at radius 1 is 1.07 bits per heavy atom. The number of aliphatic hydroxyl groups excluding tert-OH is 1. The molecule has 0 spiro atoms. The van der Waals surface area contributed by atoms with Crippen molar-refractivity contribution in [1.82, 2.24) is 15.1 Å². The lowest BCUT2D eigenvalue weighted by Crippen LogP contribution is -2.13. The fourth-order valence-corrected chi connectivity index (χ4v) is 3.02. The molecule has 2 aromatic heterocycles. The lowest BCUT2D eigenvalue weighted by atomic mass is 10.1. The number of aromatic nitrogens is 3. The zero-order chi connectivity index (χ0) is 21.3. The second-order valence-corrected chi connectivity index (χ2v) is 6.84. The highest BCUT2D eigenvalue weighted by Gasteiger charge is 2.37. The van der Waals surface area contributed by atoms with E-state index in [1.165, 1.54) is 24.5 Å². The maximum atomic E-state index is 12.9. The van der Waals surface area contributed by atoms with Gasteiger partial charge in [-0.3, -0.25) is 0 Å². The van der Waals surface area contributed by atoms with Gasteiger partial charge in [0.25, 0.3) is 0 Å². The summed E-state index contributed by atoms with van der Waals surface area (Å²) < 4.78 is 43.7. The normalized spacial score (nSPS) is 12.8. The van der Waals surface area contributed by atoms with E-state index in [0.717, 1.165) is 11.1 Å². The van der Waals surface area contributed by atoms with Crippen LogP contribution in [-0.2, 0) is 6.18 Å². The van der Waals surface area contributed by atoms with E-state index < -0.39 is 18.0 Å². The van der Waals surface area contributed by atoms with Crippen LogP contribution < -0.4 is 5.32 Å². The molecule has 1 unspecified atom stereocenters. The van der Waals surface area contributed by atoms with E-state index in [2.05, 4.69) is 20.4 Å². The van der Waals surface area contributed by atoms with Gasteiger partial charge in [-0.2, -0.15) is 13.2 Å². The Balaban J connectivity index is 1.52. The van der Waals surface area contributed by atoms with Crippen molar-refractivity contribution < 1.29 is 22.8 Å². The fraction of sp³-hybridized carbons (Fsp3) is 0.190. The molecular formula is C21H17F3N4O2. The van der Waals surface area contributed by atoms with E-state index in [9.17, 15) is 18.3 Å². The molecule has 2 heterocycles. The van der Waals surface area contributed by atoms with Gasteiger partial charge in [0.2, 0.25) is 0 Å². The van der Waals surface area contributed by atoms with Crippen LogP contribution in [0, 0.1) is 6.92 Å². The molecule has 0 aliphatic rings. The molecule has 0 aliphatic carbocycles. The van der Waals surface area contributed by atoms with Gasteiger partial charge in [-0.15, -0.1) is 0 Å². The molecular weight excluding hydrogens is 397 g/mol. The summed E-state index contributed by atoms with van der Waals surface area (Å²) in [6, 6.07) is 13.5. The van der Waals surface area contributed by atoms with Crippen molar-refractivity contribution in [3.05, 3.63) is 71.7 Å². The van der Waals surface area contributed by atoms with Crippen LogP contribution in [0.4, 0.5) is 19.0 Å². The monoisotopic (exact) mass is 414 g/mol. The van der Waals surface area contributed by atoms with Crippen molar-refractivity contribution in [1.29, 1.82) is 0 Å². The van der Waals surface area contributed by atoms with Crippen molar-refractivity contribution >= 4 is 16.8 Å². The SMILES string of the molecule is Cc1ccc(C(O)CNc2cc(-c3ccc4c(C(F)(F)F)noc4c3)ncn2)cc1. The van der Waals surface area contributed by atoms with Gasteiger partial charge in [-0.05, 0) is 24.6 Å². The van der Waals surface area contributed by atoms with Gasteiger partial charge < -0.3 is 14.9 Å². The number of anilines is 1. The summed E-state index contributed by atoms with van der Waals surface area (Å²) in [5.41, 5.74) is 1.88. The van der Waals surface area contributed by atoms with Crippen LogP contribution in [0.1, 0.15) is 22.9 Å². The second kappa shape index (κ2) is 7.75. The highest BCUT2D eigenvalue weighted by atomic mass is 19.4. The molecule has 0 radical (unpaired) electrons. The molecule has 0 saturated carbocycles. The van der Waals surface area contributed by atoms with Gasteiger partial charge in [0.1, 0.15) is 12.1 Å². The summed E-state index contributed by atoms with van der Waals surface area (Å²) in [5, 5.41) is 16.4. The predicted octanol–water partition coefficient (Wildman–Crippen LogP) is 4.76. The van der Waals surface area contributed by atoms with Crippen LogP contribution in [0.3, 0.4) is 0 Å². The lowest BCUT2D eigenvalue weighted by molar-refractivity contribution is -0.141. The smallest absolute Gasteiger partial charge is 0.387 e. The first kappa shape index (κ1) is 19.8. The Labute approximate surface area is 169 Å². The van der Waals surface area contributed by atoms with E-state index in [1.807, 2.05) is 31.2 Å². The van der Waals surface area contributed by atoms with Crippen LogP contribution in [0.25, 0.3) is 22.2 Å². The number of alkyl halides is 3. The maximum Gasteiger partial charge on any atom is 0.437 e. The molecule has 0 amide bonds. The van der Waals surface area contributed by atoms with Gasteiger partial charge in [-0.1, -0.05) is 41.1 Å². The van der Waals surface area contributed by atoms with Crippen molar-refractivity contribution in [3.63, 3.8) is 0 Å². The predicted molar refractivity (Wildman–Crippen MR) is 105 cm³/mol. The van der Waals surface area contributed by atoms with E-state index >= 15 is 0 Å². The first-order valence-electron chi connectivity index (χ1n) is 9.09. The fourth-order valence-electron chi connectivity index (χ4n) is 3.02. The van der Waals surface area contributed by atoms with Crippen LogP contribution in [0.15, 0.2) is 59.4 Å². The molecule has 2 aromatic carbocycles. The largest absolute Gasteiger partial charge is 0.437 e. The van der Waals surface area contributed by atoms with E-state index in [1.54, 1.807) is 6.07 Å². The molecule has 1 atom stereocenters. The molecule has 0 bridgehead atoms. The minimum absolute atomic E-state index is 0.0164.